The van der Waals surface area contributed by atoms with Gasteiger partial charge in [-0.25, -0.2) is 0 Å². The molecule has 0 radical (unpaired) electrons. The molecule has 2 N–H and O–H groups in total. The van der Waals surface area contributed by atoms with Crippen LogP contribution >= 0.6 is 0 Å². The van der Waals surface area contributed by atoms with Crippen LogP contribution in [0.25, 0.3) is 0 Å². The predicted octanol–water partition coefficient (Wildman–Crippen LogP) is 1.99. The monoisotopic (exact) mass is 258 g/mol. The number of benzene rings is 1. The molecule has 0 unspecified atom stereocenters. The van der Waals surface area contributed by atoms with Crippen molar-refractivity contribution in [1.29, 1.82) is 0 Å². The largest absolute Gasteiger partial charge is 0.341 e. The molecule has 1 amide bonds. The number of nitrogens with two attached hydrogens (primary N) is 1. The molecule has 0 heterocycles. The van der Waals surface area contributed by atoms with Gasteiger partial charge in [-0.15, -0.1) is 0 Å². The van der Waals surface area contributed by atoms with Crippen molar-refractivity contribution >= 4 is 5.91 Å². The second-order valence-corrected chi connectivity index (χ2v) is 6.20. The SMILES string of the molecule is CN(CC1(CN)CC1)C(=O)c1ccc2c(c1)CCC2. The minimum atomic E-state index is 0.134. The van der Waals surface area contributed by atoms with Crippen molar-refractivity contribution in [2.45, 2.75) is 32.1 Å². The first-order valence-electron chi connectivity index (χ1n) is 7.21. The molecule has 102 valence electrons. The molecule has 3 rings (SSSR count). The summed E-state index contributed by atoms with van der Waals surface area (Å²) in [7, 11) is 1.89. The van der Waals surface area contributed by atoms with Crippen LogP contribution in [0.5, 0.6) is 0 Å². The third-order valence-electron chi connectivity index (χ3n) is 4.65. The molecule has 0 aliphatic heterocycles. The summed E-state index contributed by atoms with van der Waals surface area (Å²) in [5.74, 6) is 0.134. The molecule has 19 heavy (non-hydrogen) atoms. The van der Waals surface area contributed by atoms with Gasteiger partial charge in [-0.1, -0.05) is 6.07 Å². The highest BCUT2D eigenvalue weighted by molar-refractivity contribution is 5.94. The van der Waals surface area contributed by atoms with Crippen LogP contribution in [-0.2, 0) is 12.8 Å². The smallest absolute Gasteiger partial charge is 0.253 e. The van der Waals surface area contributed by atoms with Gasteiger partial charge in [0, 0.05) is 24.6 Å². The van der Waals surface area contributed by atoms with Gasteiger partial charge in [0.15, 0.2) is 0 Å². The van der Waals surface area contributed by atoms with Crippen molar-refractivity contribution in [1.82, 2.24) is 4.90 Å². The van der Waals surface area contributed by atoms with Gasteiger partial charge >= 0.3 is 0 Å². The minimum Gasteiger partial charge on any atom is -0.341 e. The first-order chi connectivity index (χ1) is 9.13. The molecule has 0 aromatic heterocycles. The van der Waals surface area contributed by atoms with Crippen molar-refractivity contribution in [2.75, 3.05) is 20.1 Å². The molecule has 3 heteroatoms. The molecule has 1 aromatic rings. The van der Waals surface area contributed by atoms with Crippen molar-refractivity contribution < 1.29 is 4.79 Å². The summed E-state index contributed by atoms with van der Waals surface area (Å²) in [4.78, 5) is 14.3. The zero-order chi connectivity index (χ0) is 13.5. The van der Waals surface area contributed by atoms with Gasteiger partial charge in [0.05, 0.1) is 0 Å². The molecule has 1 fully saturated rings. The fourth-order valence-corrected chi connectivity index (χ4v) is 3.10. The standard InChI is InChI=1S/C16H22N2O/c1-18(11-16(10-17)7-8-16)15(19)14-6-5-12-3-2-4-13(12)9-14/h5-6,9H,2-4,7-8,10-11,17H2,1H3. The maximum absolute atomic E-state index is 12.5. The van der Waals surface area contributed by atoms with Crippen LogP contribution in [0.3, 0.4) is 0 Å². The molecule has 0 saturated heterocycles. The summed E-state index contributed by atoms with van der Waals surface area (Å²) in [6.45, 7) is 1.48. The number of hydrogen-bond donors (Lipinski definition) is 1. The number of fused-ring (bicyclic) bond motifs is 1. The normalized spacial score (nSPS) is 19.1. The Kier molecular flexibility index (Phi) is 3.09. The Labute approximate surface area is 114 Å². The lowest BCUT2D eigenvalue weighted by atomic mass is 10.0. The van der Waals surface area contributed by atoms with Crippen LogP contribution in [0.4, 0.5) is 0 Å². The van der Waals surface area contributed by atoms with E-state index in [4.69, 9.17) is 5.73 Å². The van der Waals surface area contributed by atoms with E-state index in [1.807, 2.05) is 18.0 Å². The molecule has 2 aliphatic rings. The van der Waals surface area contributed by atoms with Gasteiger partial charge in [-0.3, -0.25) is 4.79 Å². The topological polar surface area (TPSA) is 46.3 Å². The number of carbonyl (C=O) groups excluding carboxylic acids is 1. The lowest BCUT2D eigenvalue weighted by Crippen LogP contribution is -2.35. The van der Waals surface area contributed by atoms with E-state index < -0.39 is 0 Å². The molecule has 0 bridgehead atoms. The molecule has 1 saturated carbocycles. The molecule has 0 atom stereocenters. The highest BCUT2D eigenvalue weighted by Gasteiger charge is 2.42. The summed E-state index contributed by atoms with van der Waals surface area (Å²) < 4.78 is 0. The Morgan fingerprint density at radius 2 is 2.05 bits per heavy atom. The zero-order valence-corrected chi connectivity index (χ0v) is 11.6. The van der Waals surface area contributed by atoms with Gasteiger partial charge in [-0.05, 0) is 61.9 Å². The molecule has 3 nitrogen and oxygen atoms in total. The first-order valence-corrected chi connectivity index (χ1v) is 7.21. The van der Waals surface area contributed by atoms with Crippen molar-refractivity contribution in [2.24, 2.45) is 11.1 Å². The van der Waals surface area contributed by atoms with Crippen LogP contribution in [0.2, 0.25) is 0 Å². The van der Waals surface area contributed by atoms with Gasteiger partial charge in [-0.2, -0.15) is 0 Å². The Balaban J connectivity index is 1.73. The van der Waals surface area contributed by atoms with E-state index in [2.05, 4.69) is 12.1 Å². The number of nitrogens with zero attached hydrogens (tertiary/aromatic N) is 1. The summed E-state index contributed by atoms with van der Waals surface area (Å²) in [5.41, 5.74) is 9.61. The number of aryl methyl sites for hydroxylation is 2. The van der Waals surface area contributed by atoms with Gasteiger partial charge in [0.25, 0.3) is 5.91 Å². The second kappa shape index (κ2) is 4.64. The van der Waals surface area contributed by atoms with E-state index in [0.29, 0.717) is 6.54 Å². The average Bonchev–Trinajstić information content (AvgIpc) is 3.04. The Morgan fingerprint density at radius 1 is 1.32 bits per heavy atom. The summed E-state index contributed by atoms with van der Waals surface area (Å²) in [6, 6.07) is 6.19. The maximum atomic E-state index is 12.5. The van der Waals surface area contributed by atoms with Crippen molar-refractivity contribution in [3.63, 3.8) is 0 Å². The highest BCUT2D eigenvalue weighted by Crippen LogP contribution is 2.45. The van der Waals surface area contributed by atoms with E-state index in [9.17, 15) is 4.79 Å². The predicted molar refractivity (Wildman–Crippen MR) is 76.1 cm³/mol. The summed E-state index contributed by atoms with van der Waals surface area (Å²) >= 11 is 0. The summed E-state index contributed by atoms with van der Waals surface area (Å²) in [6.07, 6.45) is 5.82. The zero-order valence-electron chi connectivity index (χ0n) is 11.6. The maximum Gasteiger partial charge on any atom is 0.253 e. The van der Waals surface area contributed by atoms with Crippen LogP contribution < -0.4 is 5.73 Å². The highest BCUT2D eigenvalue weighted by atomic mass is 16.2. The third kappa shape index (κ3) is 2.39. The average molecular weight is 258 g/mol. The third-order valence-corrected chi connectivity index (χ3v) is 4.65. The second-order valence-electron chi connectivity index (χ2n) is 6.20. The van der Waals surface area contributed by atoms with E-state index in [1.54, 1.807) is 0 Å². The first kappa shape index (κ1) is 12.7. The Hall–Kier alpha value is -1.35. The molecular weight excluding hydrogens is 236 g/mol. The lowest BCUT2D eigenvalue weighted by molar-refractivity contribution is 0.0766. The number of rotatable bonds is 4. The lowest BCUT2D eigenvalue weighted by Gasteiger charge is -2.23. The fourth-order valence-electron chi connectivity index (χ4n) is 3.10. The number of amides is 1. The van der Waals surface area contributed by atoms with E-state index in [1.165, 1.54) is 17.5 Å². The van der Waals surface area contributed by atoms with Crippen LogP contribution in [0.1, 0.15) is 40.7 Å². The van der Waals surface area contributed by atoms with Crippen LogP contribution in [0.15, 0.2) is 18.2 Å². The fraction of sp³-hybridized carbons (Fsp3) is 0.562. The van der Waals surface area contributed by atoms with E-state index in [0.717, 1.165) is 37.8 Å². The van der Waals surface area contributed by atoms with E-state index >= 15 is 0 Å². The van der Waals surface area contributed by atoms with E-state index in [-0.39, 0.29) is 11.3 Å². The van der Waals surface area contributed by atoms with Crippen molar-refractivity contribution in [3.8, 4) is 0 Å². The van der Waals surface area contributed by atoms with Crippen LogP contribution in [0, 0.1) is 5.41 Å². The number of carbonyl (C=O) groups is 1. The quantitative estimate of drug-likeness (QED) is 0.897. The molecule has 1 aromatic carbocycles. The van der Waals surface area contributed by atoms with Gasteiger partial charge < -0.3 is 10.6 Å². The Bertz CT molecular complexity index is 505. The van der Waals surface area contributed by atoms with Gasteiger partial charge in [0.2, 0.25) is 0 Å². The van der Waals surface area contributed by atoms with Crippen LogP contribution in [-0.4, -0.2) is 30.9 Å². The Morgan fingerprint density at radius 3 is 2.74 bits per heavy atom. The molecule has 0 spiro atoms. The minimum absolute atomic E-state index is 0.134. The molecular formula is C16H22N2O. The summed E-state index contributed by atoms with van der Waals surface area (Å²) in [5, 5.41) is 0. The van der Waals surface area contributed by atoms with Crippen molar-refractivity contribution in [3.05, 3.63) is 34.9 Å². The number of hydrogen-bond acceptors (Lipinski definition) is 2. The van der Waals surface area contributed by atoms with Gasteiger partial charge in [0.1, 0.15) is 0 Å². The molecule has 2 aliphatic carbocycles.